The molecule has 21 heavy (non-hydrogen) atoms. The van der Waals surface area contributed by atoms with Crippen LogP contribution in [-0.2, 0) is 5.41 Å². The fraction of sp³-hybridized carbons (Fsp3) is 0.611. The zero-order valence-corrected chi connectivity index (χ0v) is 13.3. The molecule has 0 bridgehead atoms. The summed E-state index contributed by atoms with van der Waals surface area (Å²) in [5, 5.41) is 0. The van der Waals surface area contributed by atoms with Crippen LogP contribution in [0, 0.1) is 11.8 Å². The SMILES string of the molecule is CC(C)(C)c1nc2cc(N)ccc2n1C(C1CC1)C1CC1. The Morgan fingerprint density at radius 2 is 1.76 bits per heavy atom. The van der Waals surface area contributed by atoms with Crippen molar-refractivity contribution in [3.8, 4) is 0 Å². The summed E-state index contributed by atoms with van der Waals surface area (Å²) in [5.74, 6) is 2.97. The first-order valence-electron chi connectivity index (χ1n) is 8.23. The number of hydrogen-bond donors (Lipinski definition) is 1. The summed E-state index contributed by atoms with van der Waals surface area (Å²) in [6, 6.07) is 6.87. The number of imidazole rings is 1. The van der Waals surface area contributed by atoms with E-state index >= 15 is 0 Å². The first-order valence-corrected chi connectivity index (χ1v) is 8.23. The van der Waals surface area contributed by atoms with E-state index in [4.69, 9.17) is 10.7 Å². The van der Waals surface area contributed by atoms with Gasteiger partial charge in [-0.3, -0.25) is 0 Å². The zero-order valence-electron chi connectivity index (χ0n) is 13.3. The average Bonchev–Trinajstić information content (AvgIpc) is 3.27. The van der Waals surface area contributed by atoms with Crippen LogP contribution in [0.4, 0.5) is 5.69 Å². The molecule has 1 aromatic heterocycles. The Morgan fingerprint density at radius 3 is 2.29 bits per heavy atom. The third-order valence-corrected chi connectivity index (χ3v) is 4.89. The molecule has 1 heterocycles. The summed E-state index contributed by atoms with van der Waals surface area (Å²) in [6.07, 6.45) is 5.55. The highest BCUT2D eigenvalue weighted by Gasteiger charge is 2.44. The van der Waals surface area contributed by atoms with Gasteiger partial charge in [0.2, 0.25) is 0 Å². The largest absolute Gasteiger partial charge is 0.399 e. The molecule has 0 radical (unpaired) electrons. The second-order valence-corrected chi connectivity index (χ2v) is 7.97. The number of aromatic nitrogens is 2. The minimum Gasteiger partial charge on any atom is -0.399 e. The van der Waals surface area contributed by atoms with Gasteiger partial charge in [-0.25, -0.2) is 4.98 Å². The monoisotopic (exact) mass is 283 g/mol. The number of fused-ring (bicyclic) bond motifs is 1. The van der Waals surface area contributed by atoms with Crippen molar-refractivity contribution in [3.05, 3.63) is 24.0 Å². The normalized spacial score (nSPS) is 19.6. The highest BCUT2D eigenvalue weighted by molar-refractivity contribution is 5.80. The van der Waals surface area contributed by atoms with Crippen LogP contribution in [0.3, 0.4) is 0 Å². The van der Waals surface area contributed by atoms with Crippen molar-refractivity contribution in [2.45, 2.75) is 57.9 Å². The minimum atomic E-state index is 0.0653. The fourth-order valence-corrected chi connectivity index (χ4v) is 3.63. The van der Waals surface area contributed by atoms with Crippen molar-refractivity contribution >= 4 is 16.7 Å². The quantitative estimate of drug-likeness (QED) is 0.855. The van der Waals surface area contributed by atoms with E-state index in [-0.39, 0.29) is 5.41 Å². The summed E-state index contributed by atoms with van der Waals surface area (Å²) < 4.78 is 2.57. The lowest BCUT2D eigenvalue weighted by atomic mass is 9.94. The summed E-state index contributed by atoms with van der Waals surface area (Å²) in [6.45, 7) is 6.81. The molecule has 0 saturated heterocycles. The molecule has 2 aliphatic rings. The Hall–Kier alpha value is -1.51. The number of nitrogen functional groups attached to an aromatic ring is 1. The number of rotatable bonds is 3. The molecule has 3 nitrogen and oxygen atoms in total. The van der Waals surface area contributed by atoms with Crippen LogP contribution in [0.5, 0.6) is 0 Å². The molecule has 2 aromatic rings. The minimum absolute atomic E-state index is 0.0653. The standard InChI is InChI=1S/C18H25N3/c1-18(2,3)17-20-14-10-13(19)8-9-15(14)21(17)16(11-4-5-11)12-6-7-12/h8-12,16H,4-7,19H2,1-3H3. The molecule has 112 valence electrons. The van der Waals surface area contributed by atoms with Crippen LogP contribution in [0.2, 0.25) is 0 Å². The molecular weight excluding hydrogens is 258 g/mol. The van der Waals surface area contributed by atoms with E-state index in [1.807, 2.05) is 12.1 Å². The van der Waals surface area contributed by atoms with Crippen LogP contribution in [0.15, 0.2) is 18.2 Å². The highest BCUT2D eigenvalue weighted by atomic mass is 15.1. The van der Waals surface area contributed by atoms with Crippen molar-refractivity contribution in [1.82, 2.24) is 9.55 Å². The lowest BCUT2D eigenvalue weighted by Gasteiger charge is -2.27. The van der Waals surface area contributed by atoms with E-state index in [1.165, 1.54) is 37.0 Å². The van der Waals surface area contributed by atoms with Gasteiger partial charge in [-0.15, -0.1) is 0 Å². The Labute approximate surface area is 126 Å². The molecule has 3 heteroatoms. The van der Waals surface area contributed by atoms with Crippen molar-refractivity contribution in [2.24, 2.45) is 11.8 Å². The maximum atomic E-state index is 5.96. The van der Waals surface area contributed by atoms with Crippen LogP contribution >= 0.6 is 0 Å². The van der Waals surface area contributed by atoms with Gasteiger partial charge in [0.25, 0.3) is 0 Å². The summed E-state index contributed by atoms with van der Waals surface area (Å²) in [4.78, 5) is 4.97. The number of nitrogens with two attached hydrogens (primary N) is 1. The molecule has 0 unspecified atom stereocenters. The number of hydrogen-bond acceptors (Lipinski definition) is 2. The van der Waals surface area contributed by atoms with Gasteiger partial charge in [0.1, 0.15) is 5.82 Å². The first-order chi connectivity index (χ1) is 9.95. The number of anilines is 1. The Kier molecular flexibility index (Phi) is 2.66. The fourth-order valence-electron chi connectivity index (χ4n) is 3.63. The van der Waals surface area contributed by atoms with E-state index < -0.39 is 0 Å². The Morgan fingerprint density at radius 1 is 1.14 bits per heavy atom. The molecule has 4 rings (SSSR count). The molecule has 2 saturated carbocycles. The van der Waals surface area contributed by atoms with E-state index in [0.717, 1.165) is 23.0 Å². The van der Waals surface area contributed by atoms with Crippen molar-refractivity contribution < 1.29 is 0 Å². The van der Waals surface area contributed by atoms with Gasteiger partial charge in [0, 0.05) is 17.1 Å². The van der Waals surface area contributed by atoms with Crippen molar-refractivity contribution in [2.75, 3.05) is 5.73 Å². The summed E-state index contributed by atoms with van der Waals surface area (Å²) >= 11 is 0. The molecule has 2 aliphatic carbocycles. The molecule has 1 aromatic carbocycles. The van der Waals surface area contributed by atoms with Crippen molar-refractivity contribution in [3.63, 3.8) is 0 Å². The van der Waals surface area contributed by atoms with Gasteiger partial charge in [-0.2, -0.15) is 0 Å². The average molecular weight is 283 g/mol. The summed E-state index contributed by atoms with van der Waals surface area (Å²) in [5.41, 5.74) is 9.17. The Bertz CT molecular complexity index is 672. The zero-order chi connectivity index (χ0) is 14.8. The second-order valence-electron chi connectivity index (χ2n) is 7.97. The van der Waals surface area contributed by atoms with Crippen LogP contribution in [0.1, 0.15) is 58.3 Å². The van der Waals surface area contributed by atoms with E-state index in [0.29, 0.717) is 6.04 Å². The lowest BCUT2D eigenvalue weighted by Crippen LogP contribution is -2.24. The van der Waals surface area contributed by atoms with Gasteiger partial charge in [-0.1, -0.05) is 20.8 Å². The van der Waals surface area contributed by atoms with Gasteiger partial charge >= 0.3 is 0 Å². The van der Waals surface area contributed by atoms with Crippen LogP contribution in [-0.4, -0.2) is 9.55 Å². The molecule has 0 aliphatic heterocycles. The summed E-state index contributed by atoms with van der Waals surface area (Å²) in [7, 11) is 0. The molecular formula is C18H25N3. The number of nitrogens with zero attached hydrogens (tertiary/aromatic N) is 2. The van der Waals surface area contributed by atoms with E-state index in [9.17, 15) is 0 Å². The third kappa shape index (κ3) is 2.23. The number of benzene rings is 1. The van der Waals surface area contributed by atoms with Gasteiger partial charge in [0.05, 0.1) is 11.0 Å². The molecule has 0 spiro atoms. The molecule has 2 N–H and O–H groups in total. The molecule has 0 atom stereocenters. The second kappa shape index (κ2) is 4.25. The predicted molar refractivity (Wildman–Crippen MR) is 87.3 cm³/mol. The van der Waals surface area contributed by atoms with Crippen molar-refractivity contribution in [1.29, 1.82) is 0 Å². The maximum absolute atomic E-state index is 5.96. The predicted octanol–water partition coefficient (Wildman–Crippen LogP) is 4.28. The van der Waals surface area contributed by atoms with Crippen LogP contribution in [0.25, 0.3) is 11.0 Å². The first kappa shape index (κ1) is 13.2. The van der Waals surface area contributed by atoms with Gasteiger partial charge in [-0.05, 0) is 55.7 Å². The highest BCUT2D eigenvalue weighted by Crippen LogP contribution is 2.53. The van der Waals surface area contributed by atoms with Gasteiger partial charge < -0.3 is 10.3 Å². The third-order valence-electron chi connectivity index (χ3n) is 4.89. The molecule has 2 fully saturated rings. The topological polar surface area (TPSA) is 43.8 Å². The Balaban J connectivity index is 1.95. The van der Waals surface area contributed by atoms with Gasteiger partial charge in [0.15, 0.2) is 0 Å². The van der Waals surface area contributed by atoms with Crippen LogP contribution < -0.4 is 5.73 Å². The molecule has 0 amide bonds. The van der Waals surface area contributed by atoms with E-state index in [1.54, 1.807) is 0 Å². The maximum Gasteiger partial charge on any atom is 0.115 e. The van der Waals surface area contributed by atoms with E-state index in [2.05, 4.69) is 31.4 Å². The smallest absolute Gasteiger partial charge is 0.115 e. The lowest BCUT2D eigenvalue weighted by molar-refractivity contribution is 0.367.